The zero-order chi connectivity index (χ0) is 36.4. The second-order valence-corrected chi connectivity index (χ2v) is 14.4. The maximum Gasteiger partial charge on any atom is 0.164 e. The predicted molar refractivity (Wildman–Crippen MR) is 218 cm³/mol. The van der Waals surface area contributed by atoms with Crippen molar-refractivity contribution < 1.29 is 0 Å². The third-order valence-corrected chi connectivity index (χ3v) is 10.8. The van der Waals surface area contributed by atoms with E-state index in [-0.39, 0.29) is 5.41 Å². The summed E-state index contributed by atoms with van der Waals surface area (Å²) in [4.78, 5) is 15.2. The molecule has 0 amide bonds. The zero-order valence-corrected chi connectivity index (χ0v) is 29.8. The van der Waals surface area contributed by atoms with E-state index in [9.17, 15) is 5.26 Å². The lowest BCUT2D eigenvalue weighted by atomic mass is 9.81. The number of nitriles is 1. The number of hydrogen-bond donors (Lipinski definition) is 0. The minimum absolute atomic E-state index is 0.241. The van der Waals surface area contributed by atoms with Crippen LogP contribution >= 0.6 is 0 Å². The molecule has 0 radical (unpaired) electrons. The molecule has 0 unspecified atom stereocenters. The Morgan fingerprint density at radius 1 is 0.500 bits per heavy atom. The van der Waals surface area contributed by atoms with Gasteiger partial charge in [0.25, 0.3) is 0 Å². The van der Waals surface area contributed by atoms with Crippen LogP contribution in [0.3, 0.4) is 0 Å². The number of fused-ring (bicyclic) bond motifs is 7. The summed E-state index contributed by atoms with van der Waals surface area (Å²) in [6, 6.07) is 58.8. The van der Waals surface area contributed by atoms with E-state index < -0.39 is 0 Å². The topological polar surface area (TPSA) is 67.4 Å². The summed E-state index contributed by atoms with van der Waals surface area (Å²) in [7, 11) is 0. The number of hydrogen-bond acceptors (Lipinski definition) is 4. The summed E-state index contributed by atoms with van der Waals surface area (Å²) in [5, 5.41) is 12.7. The van der Waals surface area contributed by atoms with Crippen molar-refractivity contribution >= 4 is 21.8 Å². The molecule has 0 saturated carbocycles. The molecular formula is C49H33N5. The van der Waals surface area contributed by atoms with E-state index in [0.717, 1.165) is 39.0 Å². The van der Waals surface area contributed by atoms with E-state index in [2.05, 4.69) is 103 Å². The van der Waals surface area contributed by atoms with Gasteiger partial charge in [0.2, 0.25) is 0 Å². The fourth-order valence-corrected chi connectivity index (χ4v) is 8.38. The van der Waals surface area contributed by atoms with Crippen LogP contribution < -0.4 is 0 Å². The Morgan fingerprint density at radius 2 is 1.07 bits per heavy atom. The van der Waals surface area contributed by atoms with Crippen molar-refractivity contribution in [3.05, 3.63) is 180 Å². The molecule has 0 bridgehead atoms. The lowest BCUT2D eigenvalue weighted by Crippen LogP contribution is -2.16. The average molecular weight is 692 g/mol. The lowest BCUT2D eigenvalue weighted by Gasteiger charge is -2.24. The summed E-state index contributed by atoms with van der Waals surface area (Å²) in [6.07, 6.45) is 0. The van der Waals surface area contributed by atoms with E-state index in [1.165, 1.54) is 38.5 Å². The van der Waals surface area contributed by atoms with Crippen molar-refractivity contribution in [2.75, 3.05) is 0 Å². The lowest BCUT2D eigenvalue weighted by molar-refractivity contribution is 0.664. The third-order valence-electron chi connectivity index (χ3n) is 10.8. The normalized spacial score (nSPS) is 12.8. The van der Waals surface area contributed by atoms with Gasteiger partial charge in [-0.2, -0.15) is 5.26 Å². The van der Waals surface area contributed by atoms with Crippen LogP contribution in [0.4, 0.5) is 0 Å². The van der Waals surface area contributed by atoms with Crippen LogP contribution in [-0.4, -0.2) is 19.5 Å². The maximum atomic E-state index is 10.3. The Bertz CT molecular complexity index is 2910. The molecule has 254 valence electrons. The zero-order valence-electron chi connectivity index (χ0n) is 29.8. The van der Waals surface area contributed by atoms with Crippen molar-refractivity contribution in [1.29, 1.82) is 5.26 Å². The quantitative estimate of drug-likeness (QED) is 0.180. The summed E-state index contributed by atoms with van der Waals surface area (Å²) in [6.45, 7) is 4.68. The average Bonchev–Trinajstić information content (AvgIpc) is 3.69. The molecule has 10 rings (SSSR count). The summed E-state index contributed by atoms with van der Waals surface area (Å²) in [5.74, 6) is 1.75. The minimum atomic E-state index is -0.241. The standard InChI is InChI=1S/C49H33N5/c1-49(2)42-23-13-11-21-38(42)40-25-26-41-39-22-12-14-24-43(39)54(45(41)44(40)49)36-28-34(37-20-10-9-19-33(37)30-50)27-35(29-36)48-52-46(31-15-5-3-6-16-31)51-47(53-48)32-17-7-4-8-18-32/h3-29H,1-2H3. The van der Waals surface area contributed by atoms with Crippen molar-refractivity contribution in [3.8, 4) is 68.2 Å². The number of rotatable bonds is 5. The van der Waals surface area contributed by atoms with Gasteiger partial charge in [-0.15, -0.1) is 0 Å². The van der Waals surface area contributed by atoms with Crippen LogP contribution in [0.25, 0.3) is 83.9 Å². The monoisotopic (exact) mass is 691 g/mol. The molecule has 54 heavy (non-hydrogen) atoms. The maximum absolute atomic E-state index is 10.3. The first-order chi connectivity index (χ1) is 26.5. The van der Waals surface area contributed by atoms with Gasteiger partial charge in [-0.1, -0.05) is 147 Å². The molecule has 2 heterocycles. The van der Waals surface area contributed by atoms with E-state index >= 15 is 0 Å². The molecule has 1 aliphatic carbocycles. The van der Waals surface area contributed by atoms with Crippen LogP contribution in [0.15, 0.2) is 164 Å². The number of para-hydroxylation sites is 1. The van der Waals surface area contributed by atoms with Crippen LogP contribution in [0.1, 0.15) is 30.5 Å². The molecule has 2 aromatic heterocycles. The van der Waals surface area contributed by atoms with Gasteiger partial charge in [-0.3, -0.25) is 0 Å². The fraction of sp³-hybridized carbons (Fsp3) is 0.0612. The van der Waals surface area contributed by atoms with Crippen molar-refractivity contribution in [3.63, 3.8) is 0 Å². The molecule has 0 saturated heterocycles. The van der Waals surface area contributed by atoms with Gasteiger partial charge in [0.1, 0.15) is 0 Å². The summed E-state index contributed by atoms with van der Waals surface area (Å²) >= 11 is 0. The van der Waals surface area contributed by atoms with E-state index in [1.807, 2.05) is 84.9 Å². The van der Waals surface area contributed by atoms with Gasteiger partial charge < -0.3 is 4.57 Å². The Kier molecular flexibility index (Phi) is 7.14. The van der Waals surface area contributed by atoms with Gasteiger partial charge in [-0.25, -0.2) is 15.0 Å². The largest absolute Gasteiger partial charge is 0.309 e. The second-order valence-electron chi connectivity index (χ2n) is 14.4. The van der Waals surface area contributed by atoms with Gasteiger partial charge in [0.05, 0.1) is 22.7 Å². The van der Waals surface area contributed by atoms with E-state index in [0.29, 0.717) is 23.0 Å². The third kappa shape index (κ3) is 4.88. The Morgan fingerprint density at radius 3 is 1.78 bits per heavy atom. The SMILES string of the molecule is CC1(C)c2ccccc2-c2ccc3c4ccccc4n(-c4cc(-c5nc(-c6ccccc6)nc(-c6ccccc6)n5)cc(-c5ccccc5C#N)c4)c3c21. The Hall–Kier alpha value is -7.16. The highest BCUT2D eigenvalue weighted by Gasteiger charge is 2.38. The number of aromatic nitrogens is 4. The Labute approximate surface area is 313 Å². The first-order valence-corrected chi connectivity index (χ1v) is 18.2. The van der Waals surface area contributed by atoms with Gasteiger partial charge in [-0.05, 0) is 63.7 Å². The van der Waals surface area contributed by atoms with Crippen molar-refractivity contribution in [1.82, 2.24) is 19.5 Å². The first kappa shape index (κ1) is 31.6. The molecule has 0 fully saturated rings. The number of nitrogens with zero attached hydrogens (tertiary/aromatic N) is 5. The molecular weight excluding hydrogens is 659 g/mol. The highest BCUT2D eigenvalue weighted by molar-refractivity contribution is 6.13. The Balaban J connectivity index is 1.31. The van der Waals surface area contributed by atoms with Crippen molar-refractivity contribution in [2.24, 2.45) is 0 Å². The van der Waals surface area contributed by atoms with E-state index in [4.69, 9.17) is 15.0 Å². The van der Waals surface area contributed by atoms with Crippen LogP contribution in [0.2, 0.25) is 0 Å². The van der Waals surface area contributed by atoms with Crippen LogP contribution in [-0.2, 0) is 5.41 Å². The molecule has 5 heteroatoms. The van der Waals surface area contributed by atoms with E-state index in [1.54, 1.807) is 0 Å². The van der Waals surface area contributed by atoms with Crippen LogP contribution in [0.5, 0.6) is 0 Å². The number of benzene rings is 7. The molecule has 0 atom stereocenters. The smallest absolute Gasteiger partial charge is 0.164 e. The highest BCUT2D eigenvalue weighted by atomic mass is 15.0. The molecule has 1 aliphatic rings. The first-order valence-electron chi connectivity index (χ1n) is 18.2. The molecule has 7 aromatic carbocycles. The fourth-order valence-electron chi connectivity index (χ4n) is 8.38. The summed E-state index contributed by atoms with van der Waals surface area (Å²) < 4.78 is 2.41. The molecule has 0 N–H and O–H groups in total. The molecule has 0 spiro atoms. The van der Waals surface area contributed by atoms with Crippen molar-refractivity contribution in [2.45, 2.75) is 19.3 Å². The second kappa shape index (κ2) is 12.2. The van der Waals surface area contributed by atoms with Gasteiger partial charge in [0.15, 0.2) is 17.5 Å². The van der Waals surface area contributed by atoms with Gasteiger partial charge >= 0.3 is 0 Å². The van der Waals surface area contributed by atoms with Crippen LogP contribution in [0, 0.1) is 11.3 Å². The van der Waals surface area contributed by atoms with Gasteiger partial charge in [0, 0.05) is 38.6 Å². The molecule has 0 aliphatic heterocycles. The molecule has 9 aromatic rings. The summed E-state index contributed by atoms with van der Waals surface area (Å²) in [5.41, 5.74) is 13.2. The molecule has 5 nitrogen and oxygen atoms in total. The highest BCUT2D eigenvalue weighted by Crippen LogP contribution is 2.53. The minimum Gasteiger partial charge on any atom is -0.309 e. The predicted octanol–water partition coefficient (Wildman–Crippen LogP) is 11.8.